The summed E-state index contributed by atoms with van der Waals surface area (Å²) < 4.78 is 0.568. The van der Waals surface area contributed by atoms with E-state index in [9.17, 15) is 0 Å². The number of aromatic amines is 1. The quantitative estimate of drug-likeness (QED) is 0.716. The summed E-state index contributed by atoms with van der Waals surface area (Å²) in [6.07, 6.45) is 1.84. The second-order valence-corrected chi connectivity index (χ2v) is 4.95. The van der Waals surface area contributed by atoms with Crippen LogP contribution in [0.25, 0.3) is 22.6 Å². The first-order valence-corrected chi connectivity index (χ1v) is 6.73. The predicted octanol–water partition coefficient (Wildman–Crippen LogP) is 4.18. The SMILES string of the molecule is Cc1ccc(-c2cc(=S)nc(-c3ccccc3)[nH]2)cn1. The summed E-state index contributed by atoms with van der Waals surface area (Å²) in [6, 6.07) is 15.8. The first-order chi connectivity index (χ1) is 9.72. The monoisotopic (exact) mass is 279 g/mol. The third-order valence-electron chi connectivity index (χ3n) is 3.01. The Balaban J connectivity index is 2.12. The fraction of sp³-hybridized carbons (Fsp3) is 0.0625. The summed E-state index contributed by atoms with van der Waals surface area (Å²) in [5, 5.41) is 0. The van der Waals surface area contributed by atoms with E-state index >= 15 is 0 Å². The van der Waals surface area contributed by atoms with Crippen LogP contribution in [-0.2, 0) is 0 Å². The van der Waals surface area contributed by atoms with E-state index in [4.69, 9.17) is 12.2 Å². The molecule has 3 aromatic rings. The highest BCUT2D eigenvalue weighted by Gasteiger charge is 2.04. The molecule has 3 rings (SSSR count). The van der Waals surface area contributed by atoms with Crippen LogP contribution < -0.4 is 0 Å². The number of hydrogen-bond donors (Lipinski definition) is 1. The van der Waals surface area contributed by atoms with Crippen molar-refractivity contribution < 1.29 is 0 Å². The van der Waals surface area contributed by atoms with Crippen molar-refractivity contribution in [2.24, 2.45) is 0 Å². The van der Waals surface area contributed by atoms with Crippen LogP contribution in [0.2, 0.25) is 0 Å². The molecule has 3 nitrogen and oxygen atoms in total. The molecule has 0 atom stereocenters. The van der Waals surface area contributed by atoms with Gasteiger partial charge in [0.05, 0.1) is 5.69 Å². The Bertz CT molecular complexity index is 777. The van der Waals surface area contributed by atoms with Crippen molar-refractivity contribution >= 4 is 12.2 Å². The van der Waals surface area contributed by atoms with Gasteiger partial charge in [-0.2, -0.15) is 0 Å². The Hall–Kier alpha value is -2.33. The molecule has 20 heavy (non-hydrogen) atoms. The molecule has 0 aliphatic carbocycles. The molecule has 0 unspecified atom stereocenters. The van der Waals surface area contributed by atoms with Gasteiger partial charge in [-0.15, -0.1) is 0 Å². The van der Waals surface area contributed by atoms with Crippen molar-refractivity contribution in [3.8, 4) is 22.6 Å². The van der Waals surface area contributed by atoms with Gasteiger partial charge in [-0.3, -0.25) is 4.98 Å². The average molecular weight is 279 g/mol. The predicted molar refractivity (Wildman–Crippen MR) is 82.8 cm³/mol. The van der Waals surface area contributed by atoms with Gasteiger partial charge in [-0.1, -0.05) is 42.5 Å². The second kappa shape index (κ2) is 5.35. The Morgan fingerprint density at radius 3 is 2.50 bits per heavy atom. The van der Waals surface area contributed by atoms with Gasteiger partial charge in [-0.25, -0.2) is 4.98 Å². The Morgan fingerprint density at radius 1 is 1.00 bits per heavy atom. The highest BCUT2D eigenvalue weighted by atomic mass is 32.1. The van der Waals surface area contributed by atoms with Gasteiger partial charge in [-0.05, 0) is 25.1 Å². The number of pyridine rings is 1. The third-order valence-corrected chi connectivity index (χ3v) is 3.22. The average Bonchev–Trinajstić information content (AvgIpc) is 2.48. The summed E-state index contributed by atoms with van der Waals surface area (Å²) in [6.45, 7) is 1.97. The zero-order chi connectivity index (χ0) is 13.9. The summed E-state index contributed by atoms with van der Waals surface area (Å²) in [4.78, 5) is 12.0. The molecule has 0 saturated carbocycles. The maximum absolute atomic E-state index is 5.26. The van der Waals surface area contributed by atoms with Crippen LogP contribution in [0.3, 0.4) is 0 Å². The molecule has 1 N–H and O–H groups in total. The molecule has 0 radical (unpaired) electrons. The first-order valence-electron chi connectivity index (χ1n) is 6.32. The van der Waals surface area contributed by atoms with E-state index < -0.39 is 0 Å². The normalized spacial score (nSPS) is 10.4. The van der Waals surface area contributed by atoms with Crippen LogP contribution >= 0.6 is 12.2 Å². The molecular formula is C16H13N3S. The fourth-order valence-electron chi connectivity index (χ4n) is 1.97. The second-order valence-electron chi connectivity index (χ2n) is 4.54. The van der Waals surface area contributed by atoms with Crippen molar-refractivity contribution in [3.63, 3.8) is 0 Å². The molecule has 4 heteroatoms. The largest absolute Gasteiger partial charge is 0.339 e. The van der Waals surface area contributed by atoms with E-state index in [2.05, 4.69) is 15.0 Å². The number of benzene rings is 1. The van der Waals surface area contributed by atoms with Gasteiger partial charge in [0.1, 0.15) is 10.5 Å². The van der Waals surface area contributed by atoms with Gasteiger partial charge >= 0.3 is 0 Å². The van der Waals surface area contributed by atoms with E-state index in [1.165, 1.54) is 0 Å². The lowest BCUT2D eigenvalue weighted by molar-refractivity contribution is 1.15. The van der Waals surface area contributed by atoms with E-state index in [-0.39, 0.29) is 0 Å². The number of aryl methyl sites for hydroxylation is 1. The number of H-pyrrole nitrogens is 1. The fourth-order valence-corrected chi connectivity index (χ4v) is 2.18. The summed E-state index contributed by atoms with van der Waals surface area (Å²) >= 11 is 5.26. The maximum Gasteiger partial charge on any atom is 0.139 e. The Morgan fingerprint density at radius 2 is 1.80 bits per heavy atom. The molecule has 0 aliphatic rings. The molecule has 0 bridgehead atoms. The summed E-state index contributed by atoms with van der Waals surface area (Å²) in [5.41, 5.74) is 3.93. The van der Waals surface area contributed by atoms with Gasteiger partial charge in [0.15, 0.2) is 0 Å². The van der Waals surface area contributed by atoms with Crippen molar-refractivity contribution in [2.75, 3.05) is 0 Å². The van der Waals surface area contributed by atoms with Crippen LogP contribution in [0.4, 0.5) is 0 Å². The van der Waals surface area contributed by atoms with E-state index in [0.717, 1.165) is 28.3 Å². The Labute approximate surface area is 122 Å². The van der Waals surface area contributed by atoms with Crippen LogP contribution in [0.5, 0.6) is 0 Å². The van der Waals surface area contributed by atoms with Crippen LogP contribution in [0.15, 0.2) is 54.7 Å². The van der Waals surface area contributed by atoms with Gasteiger partial charge < -0.3 is 4.98 Å². The van der Waals surface area contributed by atoms with Crippen LogP contribution in [0, 0.1) is 11.6 Å². The Kier molecular flexibility index (Phi) is 3.39. The summed E-state index contributed by atoms with van der Waals surface area (Å²) in [5.74, 6) is 0.772. The molecule has 2 heterocycles. The lowest BCUT2D eigenvalue weighted by atomic mass is 10.1. The lowest BCUT2D eigenvalue weighted by Crippen LogP contribution is -1.93. The number of hydrogen-bond acceptors (Lipinski definition) is 3. The lowest BCUT2D eigenvalue weighted by Gasteiger charge is -2.06. The molecule has 1 aromatic carbocycles. The third kappa shape index (κ3) is 2.65. The molecule has 98 valence electrons. The highest BCUT2D eigenvalue weighted by molar-refractivity contribution is 7.71. The minimum Gasteiger partial charge on any atom is -0.339 e. The van der Waals surface area contributed by atoms with Gasteiger partial charge in [0.2, 0.25) is 0 Å². The van der Waals surface area contributed by atoms with E-state index in [0.29, 0.717) is 4.64 Å². The smallest absolute Gasteiger partial charge is 0.139 e. The maximum atomic E-state index is 5.26. The number of rotatable bonds is 2. The van der Waals surface area contributed by atoms with Gasteiger partial charge in [0.25, 0.3) is 0 Å². The number of nitrogens with one attached hydrogen (secondary N) is 1. The zero-order valence-electron chi connectivity index (χ0n) is 11.0. The van der Waals surface area contributed by atoms with Gasteiger partial charge in [0, 0.05) is 23.0 Å². The topological polar surface area (TPSA) is 41.6 Å². The molecule has 0 saturated heterocycles. The van der Waals surface area contributed by atoms with E-state index in [1.54, 1.807) is 0 Å². The first kappa shape index (κ1) is 12.7. The minimum absolute atomic E-state index is 0.568. The molecule has 0 amide bonds. The van der Waals surface area contributed by atoms with Crippen LogP contribution in [0.1, 0.15) is 5.69 Å². The van der Waals surface area contributed by atoms with Crippen LogP contribution in [-0.4, -0.2) is 15.0 Å². The highest BCUT2D eigenvalue weighted by Crippen LogP contribution is 2.20. The standard InChI is InChI=1S/C16H13N3S/c1-11-7-8-13(10-17-11)14-9-15(20)19-16(18-14)12-5-3-2-4-6-12/h2-10H,1H3,(H,18,19,20). The molecule has 0 aliphatic heterocycles. The van der Waals surface area contributed by atoms with Crippen molar-refractivity contribution in [2.45, 2.75) is 6.92 Å². The number of nitrogens with zero attached hydrogens (tertiary/aromatic N) is 2. The minimum atomic E-state index is 0.568. The number of aromatic nitrogens is 3. The molecule has 0 fully saturated rings. The van der Waals surface area contributed by atoms with Crippen molar-refractivity contribution in [1.29, 1.82) is 0 Å². The summed E-state index contributed by atoms with van der Waals surface area (Å²) in [7, 11) is 0. The zero-order valence-corrected chi connectivity index (χ0v) is 11.8. The van der Waals surface area contributed by atoms with Crippen molar-refractivity contribution in [1.82, 2.24) is 15.0 Å². The van der Waals surface area contributed by atoms with Crippen molar-refractivity contribution in [3.05, 3.63) is 65.1 Å². The molecule has 0 spiro atoms. The molecule has 2 aromatic heterocycles. The molecular weight excluding hydrogens is 266 g/mol. The van der Waals surface area contributed by atoms with E-state index in [1.807, 2.05) is 61.7 Å².